The van der Waals surface area contributed by atoms with E-state index in [2.05, 4.69) is 26.8 Å². The minimum atomic E-state index is -0.654. The molecule has 49 heavy (non-hydrogen) atoms. The lowest BCUT2D eigenvalue weighted by molar-refractivity contribution is 0.0344. The Morgan fingerprint density at radius 3 is 2.69 bits per heavy atom. The van der Waals surface area contributed by atoms with Crippen molar-refractivity contribution in [2.24, 2.45) is 0 Å². The number of anilines is 1. The molecule has 5 aromatic rings. The summed E-state index contributed by atoms with van der Waals surface area (Å²) in [6, 6.07) is 16.6. The van der Waals surface area contributed by atoms with Gasteiger partial charge in [-0.2, -0.15) is 9.97 Å². The van der Waals surface area contributed by atoms with Crippen LogP contribution in [0.3, 0.4) is 0 Å². The van der Waals surface area contributed by atoms with Gasteiger partial charge in [0, 0.05) is 36.3 Å². The summed E-state index contributed by atoms with van der Waals surface area (Å²) in [4.78, 5) is 18.6. The van der Waals surface area contributed by atoms with Crippen LogP contribution in [0.1, 0.15) is 37.7 Å². The average molecular weight is 668 g/mol. The van der Waals surface area contributed by atoms with Gasteiger partial charge in [0.1, 0.15) is 42.6 Å². The molecule has 2 fully saturated rings. The van der Waals surface area contributed by atoms with Crippen molar-refractivity contribution in [1.29, 1.82) is 0 Å². The van der Waals surface area contributed by atoms with Crippen molar-refractivity contribution in [3.8, 4) is 28.8 Å². The Labute approximate surface area is 283 Å². The molecule has 0 radical (unpaired) electrons. The Morgan fingerprint density at radius 1 is 0.939 bits per heavy atom. The smallest absolute Gasteiger partial charge is 0.319 e. The minimum Gasteiger partial charge on any atom is -0.489 e. The number of nitrogens with zero attached hydrogens (tertiary/aromatic N) is 5. The standard InChI is InChI=1S/C38H39F2N5O4/c1-44-14-7-10-26(44)23-49-38-42-35-30-20-41-34(33(35)40)29-19-28(48-22-24-8-3-2-4-9-24)18-25-12-13-31(39)36(32(25)29)47-17-16-46-27-11-5-6-15-45(21-27)37(30)43-38/h2-4,8-9,12-13,18-20,26-27H,5-7,10-11,14-17,21-23H2,1H3/t26-,27-/m1/s1. The number of likely N-dealkylation sites (tertiary alicyclic amines) is 1. The highest BCUT2D eigenvalue weighted by Gasteiger charge is 2.28. The number of pyridine rings is 1. The maximum Gasteiger partial charge on any atom is 0.319 e. The Balaban J connectivity index is 1.30. The van der Waals surface area contributed by atoms with Crippen LogP contribution in [-0.2, 0) is 11.3 Å². The summed E-state index contributed by atoms with van der Waals surface area (Å²) >= 11 is 0. The number of hydrogen-bond donors (Lipinski definition) is 0. The highest BCUT2D eigenvalue weighted by atomic mass is 19.1. The molecule has 254 valence electrons. The predicted molar refractivity (Wildman–Crippen MR) is 183 cm³/mol. The minimum absolute atomic E-state index is 0.00380. The zero-order valence-electron chi connectivity index (χ0n) is 27.5. The second-order valence-electron chi connectivity index (χ2n) is 13.1. The van der Waals surface area contributed by atoms with Crippen molar-refractivity contribution in [1.82, 2.24) is 19.9 Å². The Morgan fingerprint density at radius 2 is 1.84 bits per heavy atom. The lowest BCUT2D eigenvalue weighted by atomic mass is 9.99. The fourth-order valence-electron chi connectivity index (χ4n) is 7.20. The molecular weight excluding hydrogens is 628 g/mol. The van der Waals surface area contributed by atoms with Gasteiger partial charge in [-0.1, -0.05) is 36.4 Å². The van der Waals surface area contributed by atoms with Crippen molar-refractivity contribution in [2.45, 2.75) is 50.9 Å². The first-order chi connectivity index (χ1) is 24.0. The molecule has 0 N–H and O–H groups in total. The number of benzene rings is 3. The first-order valence-corrected chi connectivity index (χ1v) is 17.1. The zero-order chi connectivity index (χ0) is 33.3. The van der Waals surface area contributed by atoms with Crippen molar-refractivity contribution in [3.63, 3.8) is 0 Å². The Kier molecular flexibility index (Phi) is 8.86. The summed E-state index contributed by atoms with van der Waals surface area (Å²) < 4.78 is 57.6. The molecule has 0 spiro atoms. The molecular formula is C38H39F2N5O4. The van der Waals surface area contributed by atoms with Gasteiger partial charge in [0.2, 0.25) is 0 Å². The Hall–Kier alpha value is -4.61. The van der Waals surface area contributed by atoms with E-state index in [1.54, 1.807) is 18.3 Å². The first kappa shape index (κ1) is 31.6. The Bertz CT molecular complexity index is 1980. The van der Waals surface area contributed by atoms with E-state index in [4.69, 9.17) is 23.9 Å². The number of hydrogen-bond acceptors (Lipinski definition) is 9. The van der Waals surface area contributed by atoms with E-state index >= 15 is 8.78 Å². The molecule has 3 aromatic carbocycles. The maximum atomic E-state index is 17.1. The normalized spacial score (nSPS) is 19.9. The summed E-state index contributed by atoms with van der Waals surface area (Å²) in [5.74, 6) is -0.155. The lowest BCUT2D eigenvalue weighted by Crippen LogP contribution is -2.34. The number of halogens is 2. The first-order valence-electron chi connectivity index (χ1n) is 17.1. The quantitative estimate of drug-likeness (QED) is 0.191. The van der Waals surface area contributed by atoms with Gasteiger partial charge in [0.15, 0.2) is 17.4 Å². The predicted octanol–water partition coefficient (Wildman–Crippen LogP) is 6.94. The largest absolute Gasteiger partial charge is 0.489 e. The monoisotopic (exact) mass is 667 g/mol. The van der Waals surface area contributed by atoms with E-state index in [0.717, 1.165) is 44.2 Å². The van der Waals surface area contributed by atoms with Crippen LogP contribution >= 0.6 is 0 Å². The van der Waals surface area contributed by atoms with E-state index in [9.17, 15) is 0 Å². The van der Waals surface area contributed by atoms with E-state index in [1.807, 2.05) is 36.4 Å². The van der Waals surface area contributed by atoms with Crippen LogP contribution in [0.4, 0.5) is 14.6 Å². The van der Waals surface area contributed by atoms with Gasteiger partial charge in [0.25, 0.3) is 0 Å². The van der Waals surface area contributed by atoms with Gasteiger partial charge in [0.05, 0.1) is 18.1 Å². The molecule has 2 aromatic heterocycles. The number of rotatable bonds is 6. The third-order valence-corrected chi connectivity index (χ3v) is 9.83. The second kappa shape index (κ2) is 13.7. The number of likely N-dealkylation sites (N-methyl/N-ethyl adjacent to an activating group) is 1. The van der Waals surface area contributed by atoms with Crippen LogP contribution in [0.15, 0.2) is 60.8 Å². The number of aromatic nitrogens is 3. The van der Waals surface area contributed by atoms with Gasteiger partial charge in [-0.3, -0.25) is 4.98 Å². The molecule has 9 rings (SSSR count). The molecule has 6 heterocycles. The lowest BCUT2D eigenvalue weighted by Gasteiger charge is -2.27. The third-order valence-electron chi connectivity index (χ3n) is 9.83. The van der Waals surface area contributed by atoms with E-state index in [-0.39, 0.29) is 48.3 Å². The van der Waals surface area contributed by atoms with Crippen molar-refractivity contribution in [2.75, 3.05) is 51.4 Å². The average Bonchev–Trinajstić information content (AvgIpc) is 3.38. The highest BCUT2D eigenvalue weighted by molar-refractivity contribution is 6.03. The van der Waals surface area contributed by atoms with Crippen molar-refractivity contribution < 1.29 is 27.7 Å². The molecule has 0 amide bonds. The highest BCUT2D eigenvalue weighted by Crippen LogP contribution is 2.42. The molecule has 0 unspecified atom stereocenters. The SMILES string of the molecule is CN1CCC[C@@H]1COc1nc2c3cnc(c(F)c3n1)-c1cc(OCc3ccccc3)cc3ccc(F)c(c13)OCCO[C@@H]1CCCCN2C1. The number of fused-ring (bicyclic) bond motifs is 4. The van der Waals surface area contributed by atoms with Crippen molar-refractivity contribution >= 4 is 27.5 Å². The molecule has 4 aliphatic rings. The molecule has 4 aliphatic heterocycles. The third kappa shape index (κ3) is 6.45. The summed E-state index contributed by atoms with van der Waals surface area (Å²) in [6.45, 7) is 3.35. The van der Waals surface area contributed by atoms with Gasteiger partial charge in [-0.05, 0) is 74.8 Å². The van der Waals surface area contributed by atoms with E-state index in [0.29, 0.717) is 59.6 Å². The van der Waals surface area contributed by atoms with Crippen LogP contribution < -0.4 is 19.1 Å². The summed E-state index contributed by atoms with van der Waals surface area (Å²) in [7, 11) is 2.08. The van der Waals surface area contributed by atoms with Crippen LogP contribution in [-0.4, -0.2) is 78.5 Å². The van der Waals surface area contributed by atoms with Gasteiger partial charge in [-0.25, -0.2) is 8.78 Å². The van der Waals surface area contributed by atoms with Crippen LogP contribution in [0.25, 0.3) is 32.9 Å². The molecule has 11 heteroatoms. The summed E-state index contributed by atoms with van der Waals surface area (Å²) in [6.07, 6.45) is 6.35. The number of ether oxygens (including phenoxy) is 4. The molecule has 0 saturated carbocycles. The van der Waals surface area contributed by atoms with Gasteiger partial charge >= 0.3 is 6.01 Å². The zero-order valence-corrected chi connectivity index (χ0v) is 27.5. The fourth-order valence-corrected chi connectivity index (χ4v) is 7.20. The van der Waals surface area contributed by atoms with Gasteiger partial charge in [-0.15, -0.1) is 0 Å². The molecule has 6 bridgehead atoms. The maximum absolute atomic E-state index is 17.1. The topological polar surface area (TPSA) is 82.1 Å². The van der Waals surface area contributed by atoms with Crippen LogP contribution in [0.2, 0.25) is 0 Å². The summed E-state index contributed by atoms with van der Waals surface area (Å²) in [5.41, 5.74) is 1.40. The van der Waals surface area contributed by atoms with Gasteiger partial charge < -0.3 is 28.7 Å². The van der Waals surface area contributed by atoms with Crippen LogP contribution in [0.5, 0.6) is 17.5 Å². The molecule has 0 aliphatic carbocycles. The van der Waals surface area contributed by atoms with Crippen LogP contribution in [0, 0.1) is 11.6 Å². The van der Waals surface area contributed by atoms with E-state index in [1.165, 1.54) is 6.07 Å². The van der Waals surface area contributed by atoms with Crippen molar-refractivity contribution in [3.05, 3.63) is 78.0 Å². The second-order valence-corrected chi connectivity index (χ2v) is 13.1. The molecule has 2 saturated heterocycles. The molecule has 2 atom stereocenters. The fraction of sp³-hybridized carbons (Fsp3) is 0.395. The summed E-state index contributed by atoms with van der Waals surface area (Å²) in [5, 5.41) is 1.49. The molecule has 9 nitrogen and oxygen atoms in total. The van der Waals surface area contributed by atoms with E-state index < -0.39 is 11.6 Å².